The standard InChI is InChI=1S/C19H18FN3O3S/c20-14-4-3-5-16(12-14)27(24,25)23-10-8-15(9-11-23)26-19-13-21-17-6-1-2-7-18(17)22-19/h1-7,12-13,15H,8-11H2. The van der Waals surface area contributed by atoms with Crippen LogP contribution in [0, 0.1) is 5.82 Å². The molecule has 8 heteroatoms. The fraction of sp³-hybridized carbons (Fsp3) is 0.263. The van der Waals surface area contributed by atoms with E-state index in [2.05, 4.69) is 9.97 Å². The third kappa shape index (κ3) is 3.77. The predicted octanol–water partition coefficient (Wildman–Crippen LogP) is 3.00. The van der Waals surface area contributed by atoms with Gasteiger partial charge in [0.1, 0.15) is 11.9 Å². The molecule has 1 aromatic heterocycles. The highest BCUT2D eigenvalue weighted by Crippen LogP contribution is 2.24. The molecule has 0 atom stereocenters. The molecule has 1 fully saturated rings. The molecule has 0 spiro atoms. The molecule has 2 heterocycles. The maximum absolute atomic E-state index is 13.4. The van der Waals surface area contributed by atoms with Crippen molar-refractivity contribution in [2.45, 2.75) is 23.8 Å². The number of nitrogens with zero attached hydrogens (tertiary/aromatic N) is 3. The summed E-state index contributed by atoms with van der Waals surface area (Å²) in [7, 11) is -3.70. The average Bonchev–Trinajstić information content (AvgIpc) is 2.68. The molecule has 140 valence electrons. The van der Waals surface area contributed by atoms with E-state index in [1.807, 2.05) is 24.3 Å². The number of rotatable bonds is 4. The summed E-state index contributed by atoms with van der Waals surface area (Å²) < 4.78 is 45.9. The second kappa shape index (κ2) is 7.21. The van der Waals surface area contributed by atoms with E-state index in [9.17, 15) is 12.8 Å². The van der Waals surface area contributed by atoms with E-state index in [1.54, 1.807) is 6.20 Å². The highest BCUT2D eigenvalue weighted by atomic mass is 32.2. The molecule has 0 N–H and O–H groups in total. The topological polar surface area (TPSA) is 72.4 Å². The SMILES string of the molecule is O=S(=O)(c1cccc(F)c1)N1CCC(Oc2cnc3ccccc3n2)CC1. The predicted molar refractivity (Wildman–Crippen MR) is 98.3 cm³/mol. The van der Waals surface area contributed by atoms with Crippen molar-refractivity contribution in [2.75, 3.05) is 13.1 Å². The number of piperidine rings is 1. The van der Waals surface area contributed by atoms with Crippen molar-refractivity contribution in [1.82, 2.24) is 14.3 Å². The molecule has 0 saturated carbocycles. The summed E-state index contributed by atoms with van der Waals surface area (Å²) in [5.74, 6) is -0.135. The summed E-state index contributed by atoms with van der Waals surface area (Å²) in [4.78, 5) is 8.73. The number of ether oxygens (including phenoxy) is 1. The van der Waals surface area contributed by atoms with Gasteiger partial charge in [-0.25, -0.2) is 22.8 Å². The fourth-order valence-electron chi connectivity index (χ4n) is 3.13. The molecule has 0 amide bonds. The van der Waals surface area contributed by atoms with Crippen molar-refractivity contribution in [1.29, 1.82) is 0 Å². The van der Waals surface area contributed by atoms with Crippen LogP contribution in [0.15, 0.2) is 59.6 Å². The number of hydrogen-bond acceptors (Lipinski definition) is 5. The Kier molecular flexibility index (Phi) is 4.75. The molecule has 0 bridgehead atoms. The van der Waals surface area contributed by atoms with E-state index in [4.69, 9.17) is 4.74 Å². The second-order valence-corrected chi connectivity index (χ2v) is 8.31. The van der Waals surface area contributed by atoms with Crippen LogP contribution in [-0.2, 0) is 10.0 Å². The smallest absolute Gasteiger partial charge is 0.243 e. The molecule has 6 nitrogen and oxygen atoms in total. The van der Waals surface area contributed by atoms with E-state index >= 15 is 0 Å². The molecule has 0 aliphatic carbocycles. The lowest BCUT2D eigenvalue weighted by Gasteiger charge is -2.31. The minimum atomic E-state index is -3.70. The first kappa shape index (κ1) is 17.8. The minimum Gasteiger partial charge on any atom is -0.473 e. The average molecular weight is 387 g/mol. The molecule has 2 aromatic carbocycles. The molecule has 0 radical (unpaired) electrons. The molecular weight excluding hydrogens is 369 g/mol. The number of aromatic nitrogens is 2. The molecule has 1 aliphatic heterocycles. The van der Waals surface area contributed by atoms with Gasteiger partial charge in [-0.2, -0.15) is 4.31 Å². The van der Waals surface area contributed by atoms with Gasteiger partial charge in [0.05, 0.1) is 22.1 Å². The van der Waals surface area contributed by atoms with Gasteiger partial charge in [-0.05, 0) is 43.2 Å². The van der Waals surface area contributed by atoms with Gasteiger partial charge in [-0.15, -0.1) is 0 Å². The zero-order valence-electron chi connectivity index (χ0n) is 14.5. The van der Waals surface area contributed by atoms with Gasteiger partial charge < -0.3 is 4.74 Å². The lowest BCUT2D eigenvalue weighted by molar-refractivity contribution is 0.130. The molecule has 0 unspecified atom stereocenters. The Morgan fingerprint density at radius 2 is 1.78 bits per heavy atom. The number of sulfonamides is 1. The molecule has 1 aliphatic rings. The van der Waals surface area contributed by atoms with Crippen LogP contribution in [0.25, 0.3) is 11.0 Å². The summed E-state index contributed by atoms with van der Waals surface area (Å²) in [5.41, 5.74) is 1.54. The summed E-state index contributed by atoms with van der Waals surface area (Å²) in [6.45, 7) is 0.620. The van der Waals surface area contributed by atoms with Crippen LogP contribution in [0.3, 0.4) is 0 Å². The summed E-state index contributed by atoms with van der Waals surface area (Å²) in [5, 5.41) is 0. The Balaban J connectivity index is 1.42. The first-order chi connectivity index (χ1) is 13.0. The highest BCUT2D eigenvalue weighted by molar-refractivity contribution is 7.89. The van der Waals surface area contributed by atoms with E-state index < -0.39 is 15.8 Å². The Hall–Kier alpha value is -2.58. The largest absolute Gasteiger partial charge is 0.473 e. The lowest BCUT2D eigenvalue weighted by Crippen LogP contribution is -2.41. The number of fused-ring (bicyclic) bond motifs is 1. The van der Waals surface area contributed by atoms with Crippen molar-refractivity contribution in [2.24, 2.45) is 0 Å². The number of benzene rings is 2. The maximum Gasteiger partial charge on any atom is 0.243 e. The number of halogens is 1. The monoisotopic (exact) mass is 387 g/mol. The Bertz CT molecular complexity index is 1070. The van der Waals surface area contributed by atoms with E-state index in [-0.39, 0.29) is 11.0 Å². The zero-order chi connectivity index (χ0) is 18.9. The van der Waals surface area contributed by atoms with Crippen LogP contribution in [0.5, 0.6) is 5.88 Å². The quantitative estimate of drug-likeness (QED) is 0.688. The van der Waals surface area contributed by atoms with Crippen molar-refractivity contribution >= 4 is 21.1 Å². The van der Waals surface area contributed by atoms with Crippen molar-refractivity contribution in [3.05, 3.63) is 60.5 Å². The minimum absolute atomic E-state index is 0.0257. The van der Waals surface area contributed by atoms with Crippen LogP contribution in [0.1, 0.15) is 12.8 Å². The van der Waals surface area contributed by atoms with Crippen molar-refractivity contribution < 1.29 is 17.5 Å². The molecule has 3 aromatic rings. The number of para-hydroxylation sites is 2. The molecule has 4 rings (SSSR count). The summed E-state index contributed by atoms with van der Waals surface area (Å²) >= 11 is 0. The maximum atomic E-state index is 13.4. The van der Waals surface area contributed by atoms with Crippen molar-refractivity contribution in [3.8, 4) is 5.88 Å². The lowest BCUT2D eigenvalue weighted by atomic mass is 10.1. The zero-order valence-corrected chi connectivity index (χ0v) is 15.3. The van der Waals surface area contributed by atoms with Gasteiger partial charge in [0, 0.05) is 13.1 Å². The first-order valence-electron chi connectivity index (χ1n) is 8.66. The van der Waals surface area contributed by atoms with Gasteiger partial charge in [0.15, 0.2) is 0 Å². The normalized spacial score (nSPS) is 16.5. The van der Waals surface area contributed by atoms with Crippen LogP contribution >= 0.6 is 0 Å². The highest BCUT2D eigenvalue weighted by Gasteiger charge is 2.30. The molecule has 27 heavy (non-hydrogen) atoms. The Morgan fingerprint density at radius 3 is 2.52 bits per heavy atom. The van der Waals surface area contributed by atoms with E-state index in [0.29, 0.717) is 31.8 Å². The van der Waals surface area contributed by atoms with Gasteiger partial charge >= 0.3 is 0 Å². The molecule has 1 saturated heterocycles. The number of hydrogen-bond donors (Lipinski definition) is 0. The van der Waals surface area contributed by atoms with E-state index in [0.717, 1.165) is 17.1 Å². The third-order valence-electron chi connectivity index (χ3n) is 4.55. The van der Waals surface area contributed by atoms with Crippen LogP contribution in [0.2, 0.25) is 0 Å². The summed E-state index contributed by atoms with van der Waals surface area (Å²) in [6.07, 6.45) is 2.50. The Labute approximate surface area is 156 Å². The van der Waals surface area contributed by atoms with Gasteiger partial charge in [-0.1, -0.05) is 18.2 Å². The van der Waals surface area contributed by atoms with Crippen LogP contribution in [-0.4, -0.2) is 41.9 Å². The van der Waals surface area contributed by atoms with Gasteiger partial charge in [-0.3, -0.25) is 0 Å². The van der Waals surface area contributed by atoms with Crippen LogP contribution in [0.4, 0.5) is 4.39 Å². The first-order valence-corrected chi connectivity index (χ1v) is 10.1. The van der Waals surface area contributed by atoms with E-state index in [1.165, 1.54) is 22.5 Å². The Morgan fingerprint density at radius 1 is 1.04 bits per heavy atom. The third-order valence-corrected chi connectivity index (χ3v) is 6.44. The molecular formula is C19H18FN3O3S. The van der Waals surface area contributed by atoms with Crippen molar-refractivity contribution in [3.63, 3.8) is 0 Å². The van der Waals surface area contributed by atoms with Gasteiger partial charge in [0.2, 0.25) is 15.9 Å². The fourth-order valence-corrected chi connectivity index (χ4v) is 4.64. The van der Waals surface area contributed by atoms with Crippen LogP contribution < -0.4 is 4.74 Å². The second-order valence-electron chi connectivity index (χ2n) is 6.38. The summed E-state index contributed by atoms with van der Waals surface area (Å²) in [6, 6.07) is 12.6. The van der Waals surface area contributed by atoms with Gasteiger partial charge in [0.25, 0.3) is 0 Å².